The van der Waals surface area contributed by atoms with Crippen LogP contribution in [0.2, 0.25) is 0 Å². The molecule has 2 heteroatoms. The van der Waals surface area contributed by atoms with Gasteiger partial charge in [0.15, 0.2) is 0 Å². The van der Waals surface area contributed by atoms with Crippen LogP contribution in [0.3, 0.4) is 0 Å². The van der Waals surface area contributed by atoms with E-state index in [1.807, 2.05) is 6.92 Å². The predicted octanol–water partition coefficient (Wildman–Crippen LogP) is 4.18. The monoisotopic (exact) mass is 240 g/mol. The van der Waals surface area contributed by atoms with Crippen LogP contribution in [0.1, 0.15) is 66.7 Å². The van der Waals surface area contributed by atoms with Gasteiger partial charge in [-0.1, -0.05) is 33.6 Å². The maximum absolute atomic E-state index is 10.9. The summed E-state index contributed by atoms with van der Waals surface area (Å²) in [5.41, 5.74) is 0.452. The molecular formula is C15H28O2. The van der Waals surface area contributed by atoms with Gasteiger partial charge in [-0.3, -0.25) is 4.79 Å². The van der Waals surface area contributed by atoms with E-state index in [9.17, 15) is 4.79 Å². The maximum atomic E-state index is 10.9. The first-order valence-electron chi connectivity index (χ1n) is 7.00. The van der Waals surface area contributed by atoms with Crippen molar-refractivity contribution in [3.05, 3.63) is 0 Å². The number of hydrogen-bond acceptors (Lipinski definition) is 2. The summed E-state index contributed by atoms with van der Waals surface area (Å²) in [6, 6.07) is 0. The fraction of sp³-hybridized carbons (Fsp3) is 0.933. The fourth-order valence-corrected chi connectivity index (χ4v) is 3.47. The molecule has 3 atom stereocenters. The molecule has 0 N–H and O–H groups in total. The van der Waals surface area contributed by atoms with E-state index in [1.165, 1.54) is 32.6 Å². The molecular weight excluding hydrogens is 212 g/mol. The summed E-state index contributed by atoms with van der Waals surface area (Å²) in [4.78, 5) is 10.9. The van der Waals surface area contributed by atoms with Gasteiger partial charge < -0.3 is 4.74 Å². The second-order valence-electron chi connectivity index (χ2n) is 6.46. The average Bonchev–Trinajstić information content (AvgIpc) is 2.14. The molecule has 2 nitrogen and oxygen atoms in total. The highest BCUT2D eigenvalue weighted by Gasteiger charge is 2.36. The van der Waals surface area contributed by atoms with Crippen LogP contribution >= 0.6 is 0 Å². The molecule has 1 aliphatic carbocycles. The van der Waals surface area contributed by atoms with Crippen LogP contribution in [0.5, 0.6) is 0 Å². The van der Waals surface area contributed by atoms with Crippen molar-refractivity contribution in [2.45, 2.75) is 72.8 Å². The first kappa shape index (κ1) is 14.5. The van der Waals surface area contributed by atoms with Crippen LogP contribution in [-0.4, -0.2) is 12.1 Å². The van der Waals surface area contributed by atoms with Crippen molar-refractivity contribution in [3.63, 3.8) is 0 Å². The molecule has 0 aliphatic heterocycles. The second kappa shape index (κ2) is 5.88. The Hall–Kier alpha value is -0.530. The molecule has 0 heterocycles. The Morgan fingerprint density at radius 2 is 2.12 bits per heavy atom. The summed E-state index contributed by atoms with van der Waals surface area (Å²) >= 11 is 0. The smallest absolute Gasteiger partial charge is 0.302 e. The van der Waals surface area contributed by atoms with Gasteiger partial charge in [-0.2, -0.15) is 0 Å². The molecule has 0 saturated heterocycles. The Morgan fingerprint density at radius 1 is 1.47 bits per heavy atom. The van der Waals surface area contributed by atoms with Crippen molar-refractivity contribution < 1.29 is 9.53 Å². The summed E-state index contributed by atoms with van der Waals surface area (Å²) in [7, 11) is 0. The van der Waals surface area contributed by atoms with Crippen molar-refractivity contribution in [2.24, 2.45) is 17.3 Å². The lowest BCUT2D eigenvalue weighted by Gasteiger charge is -2.43. The third kappa shape index (κ3) is 4.33. The number of esters is 1. The summed E-state index contributed by atoms with van der Waals surface area (Å²) in [5, 5.41) is 0. The maximum Gasteiger partial charge on any atom is 0.302 e. The minimum Gasteiger partial charge on any atom is -0.463 e. The zero-order chi connectivity index (χ0) is 13.1. The number of hydrogen-bond donors (Lipinski definition) is 0. The molecule has 0 aromatic carbocycles. The van der Waals surface area contributed by atoms with Crippen molar-refractivity contribution in [1.82, 2.24) is 0 Å². The third-order valence-electron chi connectivity index (χ3n) is 4.42. The lowest BCUT2D eigenvalue weighted by molar-refractivity contribution is -0.146. The first-order chi connectivity index (χ1) is 7.83. The Labute approximate surface area is 106 Å². The van der Waals surface area contributed by atoms with Gasteiger partial charge in [0, 0.05) is 6.92 Å². The molecule has 1 saturated carbocycles. The normalized spacial score (nSPS) is 29.7. The highest BCUT2D eigenvalue weighted by atomic mass is 16.5. The van der Waals surface area contributed by atoms with E-state index in [-0.39, 0.29) is 12.1 Å². The van der Waals surface area contributed by atoms with Gasteiger partial charge in [0.1, 0.15) is 0 Å². The molecule has 0 radical (unpaired) electrons. The zero-order valence-corrected chi connectivity index (χ0v) is 12.1. The minimum atomic E-state index is -0.159. The lowest BCUT2D eigenvalue weighted by Crippen LogP contribution is -2.34. The summed E-state index contributed by atoms with van der Waals surface area (Å²) < 4.78 is 5.21. The van der Waals surface area contributed by atoms with Crippen LogP contribution in [0.4, 0.5) is 0 Å². The Bertz CT molecular complexity index is 258. The minimum absolute atomic E-state index is 0.0671. The largest absolute Gasteiger partial charge is 0.463 e. The lowest BCUT2D eigenvalue weighted by atomic mass is 9.62. The van der Waals surface area contributed by atoms with E-state index >= 15 is 0 Å². The summed E-state index contributed by atoms with van der Waals surface area (Å²) in [6.45, 7) is 10.7. The number of carbonyl (C=O) groups is 1. The average molecular weight is 240 g/mol. The van der Waals surface area contributed by atoms with Crippen LogP contribution in [0.15, 0.2) is 0 Å². The topological polar surface area (TPSA) is 26.3 Å². The Balaban J connectivity index is 2.45. The summed E-state index contributed by atoms with van der Waals surface area (Å²) in [5.74, 6) is 1.42. The van der Waals surface area contributed by atoms with Crippen LogP contribution in [0, 0.1) is 17.3 Å². The Kier molecular flexibility index (Phi) is 5.03. The molecule has 0 bridgehead atoms. The molecule has 0 spiro atoms. The molecule has 0 aromatic heterocycles. The molecule has 1 rings (SSSR count). The van der Waals surface area contributed by atoms with E-state index < -0.39 is 0 Å². The molecule has 17 heavy (non-hydrogen) atoms. The van der Waals surface area contributed by atoms with Gasteiger partial charge >= 0.3 is 5.97 Å². The molecule has 100 valence electrons. The van der Waals surface area contributed by atoms with Crippen molar-refractivity contribution in [2.75, 3.05) is 0 Å². The highest BCUT2D eigenvalue weighted by molar-refractivity contribution is 5.66. The van der Waals surface area contributed by atoms with Gasteiger partial charge in [-0.15, -0.1) is 0 Å². The van der Waals surface area contributed by atoms with Crippen molar-refractivity contribution >= 4 is 5.97 Å². The standard InChI is InChI=1S/C15H28O2/c1-11-7-6-10-15(4,5)14(11)9-8-12(2)17-13(3)16/h11-12,14H,6-10H2,1-5H3. The van der Waals surface area contributed by atoms with E-state index in [0.29, 0.717) is 5.41 Å². The number of carbonyl (C=O) groups excluding carboxylic acids is 1. The van der Waals surface area contributed by atoms with Gasteiger partial charge in [0.2, 0.25) is 0 Å². The number of ether oxygens (including phenoxy) is 1. The van der Waals surface area contributed by atoms with Gasteiger partial charge in [0.25, 0.3) is 0 Å². The zero-order valence-electron chi connectivity index (χ0n) is 12.1. The van der Waals surface area contributed by atoms with Gasteiger partial charge in [0.05, 0.1) is 6.10 Å². The van der Waals surface area contributed by atoms with E-state index in [1.54, 1.807) is 0 Å². The molecule has 1 fully saturated rings. The highest BCUT2D eigenvalue weighted by Crippen LogP contribution is 2.46. The van der Waals surface area contributed by atoms with E-state index in [0.717, 1.165) is 18.3 Å². The van der Waals surface area contributed by atoms with Gasteiger partial charge in [-0.25, -0.2) is 0 Å². The number of rotatable bonds is 4. The fourth-order valence-electron chi connectivity index (χ4n) is 3.47. The van der Waals surface area contributed by atoms with Crippen molar-refractivity contribution in [3.8, 4) is 0 Å². The third-order valence-corrected chi connectivity index (χ3v) is 4.42. The van der Waals surface area contributed by atoms with Crippen molar-refractivity contribution in [1.29, 1.82) is 0 Å². The van der Waals surface area contributed by atoms with Crippen LogP contribution in [0.25, 0.3) is 0 Å². The quantitative estimate of drug-likeness (QED) is 0.689. The molecule has 1 aliphatic rings. The molecule has 0 aromatic rings. The second-order valence-corrected chi connectivity index (χ2v) is 6.46. The first-order valence-corrected chi connectivity index (χ1v) is 7.00. The van der Waals surface area contributed by atoms with Crippen LogP contribution < -0.4 is 0 Å². The predicted molar refractivity (Wildman–Crippen MR) is 70.7 cm³/mol. The molecule has 0 amide bonds. The van der Waals surface area contributed by atoms with Crippen LogP contribution in [-0.2, 0) is 9.53 Å². The van der Waals surface area contributed by atoms with E-state index in [2.05, 4.69) is 20.8 Å². The SMILES string of the molecule is CC(=O)OC(C)CCC1C(C)CCCC1(C)C. The van der Waals surface area contributed by atoms with Gasteiger partial charge in [-0.05, 0) is 43.4 Å². The van der Waals surface area contributed by atoms with E-state index in [4.69, 9.17) is 4.74 Å². The Morgan fingerprint density at radius 3 is 2.65 bits per heavy atom. The summed E-state index contributed by atoms with van der Waals surface area (Å²) in [6.07, 6.45) is 6.31. The molecule has 3 unspecified atom stereocenters.